The van der Waals surface area contributed by atoms with E-state index in [1.807, 2.05) is 48.7 Å². The van der Waals surface area contributed by atoms with Crippen molar-refractivity contribution >= 4 is 28.1 Å². The van der Waals surface area contributed by atoms with Crippen molar-refractivity contribution in [3.8, 4) is 5.75 Å². The number of rotatable bonds is 6. The number of carbonyl (C=O) groups is 1. The van der Waals surface area contributed by atoms with Gasteiger partial charge in [0.25, 0.3) is 5.91 Å². The van der Waals surface area contributed by atoms with Crippen molar-refractivity contribution in [3.05, 3.63) is 82.1 Å². The summed E-state index contributed by atoms with van der Waals surface area (Å²) in [5.41, 5.74) is 4.82. The summed E-state index contributed by atoms with van der Waals surface area (Å²) >= 11 is 3.40. The molecular formula is C19H17BrN4O2. The molecule has 7 heteroatoms. The highest BCUT2D eigenvalue weighted by Crippen LogP contribution is 2.21. The van der Waals surface area contributed by atoms with E-state index in [4.69, 9.17) is 4.74 Å². The molecule has 0 radical (unpaired) electrons. The fourth-order valence-electron chi connectivity index (χ4n) is 2.42. The van der Waals surface area contributed by atoms with E-state index in [0.29, 0.717) is 17.9 Å². The predicted octanol–water partition coefficient (Wildman–Crippen LogP) is 3.47. The fourth-order valence-corrected chi connectivity index (χ4v) is 2.80. The average molecular weight is 413 g/mol. The number of nitrogens with one attached hydrogen (secondary N) is 1. The van der Waals surface area contributed by atoms with Crippen molar-refractivity contribution in [3.63, 3.8) is 0 Å². The summed E-state index contributed by atoms with van der Waals surface area (Å²) in [5, 5.41) is 8.20. The van der Waals surface area contributed by atoms with E-state index in [1.54, 1.807) is 30.3 Å². The first-order chi connectivity index (χ1) is 12.7. The molecule has 3 rings (SSSR count). The molecule has 2 aromatic carbocycles. The van der Waals surface area contributed by atoms with Crippen LogP contribution in [0.25, 0.3) is 0 Å². The number of nitrogens with zero attached hydrogens (tertiary/aromatic N) is 3. The lowest BCUT2D eigenvalue weighted by atomic mass is 10.1. The van der Waals surface area contributed by atoms with Crippen LogP contribution in [-0.4, -0.2) is 29.0 Å². The second-order valence-electron chi connectivity index (χ2n) is 5.49. The molecule has 1 amide bonds. The minimum absolute atomic E-state index is 0.280. The molecule has 1 N–H and O–H groups in total. The highest BCUT2D eigenvalue weighted by Gasteiger charge is 2.06. The lowest BCUT2D eigenvalue weighted by molar-refractivity contribution is 0.0955. The van der Waals surface area contributed by atoms with Gasteiger partial charge in [0.1, 0.15) is 5.75 Å². The summed E-state index contributed by atoms with van der Waals surface area (Å²) in [6, 6.07) is 14.8. The summed E-state index contributed by atoms with van der Waals surface area (Å²) < 4.78 is 7.98. The SMILES string of the molecule is COc1ccc(Br)cc1C=NNC(=O)c1cccc(Cn2cccn2)c1. The predicted molar refractivity (Wildman–Crippen MR) is 104 cm³/mol. The van der Waals surface area contributed by atoms with Crippen LogP contribution < -0.4 is 10.2 Å². The van der Waals surface area contributed by atoms with Crippen molar-refractivity contribution in [2.45, 2.75) is 6.54 Å². The van der Waals surface area contributed by atoms with Crippen LogP contribution in [0.4, 0.5) is 0 Å². The molecule has 0 aliphatic carbocycles. The molecule has 0 aliphatic heterocycles. The number of hydrazone groups is 1. The monoisotopic (exact) mass is 412 g/mol. The Balaban J connectivity index is 1.68. The normalized spacial score (nSPS) is 10.8. The molecule has 6 nitrogen and oxygen atoms in total. The van der Waals surface area contributed by atoms with Gasteiger partial charge in [0, 0.05) is 28.0 Å². The summed E-state index contributed by atoms with van der Waals surface area (Å²) in [4.78, 5) is 12.3. The third kappa shape index (κ3) is 4.58. The quantitative estimate of drug-likeness (QED) is 0.497. The second-order valence-corrected chi connectivity index (χ2v) is 6.41. The number of hydrogen-bond donors (Lipinski definition) is 1. The lowest BCUT2D eigenvalue weighted by Gasteiger charge is -2.06. The fraction of sp³-hybridized carbons (Fsp3) is 0.105. The van der Waals surface area contributed by atoms with Crippen LogP contribution in [0.15, 0.2) is 70.5 Å². The molecule has 0 unspecified atom stereocenters. The number of ether oxygens (including phenoxy) is 1. The zero-order valence-electron chi connectivity index (χ0n) is 14.1. The highest BCUT2D eigenvalue weighted by atomic mass is 79.9. The van der Waals surface area contributed by atoms with Crippen molar-refractivity contribution in [2.24, 2.45) is 5.10 Å². The van der Waals surface area contributed by atoms with Crippen molar-refractivity contribution in [1.82, 2.24) is 15.2 Å². The Bertz CT molecular complexity index is 923. The standard InChI is InChI=1S/C19H17BrN4O2/c1-26-18-7-6-17(20)11-16(18)12-21-23-19(25)15-5-2-4-14(10-15)13-24-9-3-8-22-24/h2-12H,13H2,1H3,(H,23,25). The Hall–Kier alpha value is -2.93. The summed E-state index contributed by atoms with van der Waals surface area (Å²) in [6.07, 6.45) is 5.15. The summed E-state index contributed by atoms with van der Waals surface area (Å²) in [6.45, 7) is 0.604. The molecule has 1 aromatic heterocycles. The van der Waals surface area contributed by atoms with Crippen LogP contribution in [0.3, 0.4) is 0 Å². The van der Waals surface area contributed by atoms with E-state index in [2.05, 4.69) is 31.6 Å². The average Bonchev–Trinajstić information content (AvgIpc) is 3.15. The Morgan fingerprint density at radius 2 is 2.19 bits per heavy atom. The van der Waals surface area contributed by atoms with Gasteiger partial charge >= 0.3 is 0 Å². The van der Waals surface area contributed by atoms with Gasteiger partial charge in [-0.05, 0) is 42.0 Å². The number of amides is 1. The minimum atomic E-state index is -0.280. The van der Waals surface area contributed by atoms with Crippen LogP contribution in [0.5, 0.6) is 5.75 Å². The maximum Gasteiger partial charge on any atom is 0.271 e. The first-order valence-electron chi connectivity index (χ1n) is 7.89. The topological polar surface area (TPSA) is 68.5 Å². The molecular weight excluding hydrogens is 396 g/mol. The van der Waals surface area contributed by atoms with Gasteiger partial charge in [0.15, 0.2) is 0 Å². The van der Waals surface area contributed by atoms with Gasteiger partial charge in [-0.3, -0.25) is 9.48 Å². The molecule has 0 saturated carbocycles. The maximum absolute atomic E-state index is 12.3. The number of aromatic nitrogens is 2. The van der Waals surface area contributed by atoms with Crippen LogP contribution in [0.1, 0.15) is 21.5 Å². The molecule has 0 bridgehead atoms. The molecule has 0 saturated heterocycles. The third-order valence-electron chi connectivity index (χ3n) is 3.65. The van der Waals surface area contributed by atoms with Crippen molar-refractivity contribution < 1.29 is 9.53 Å². The second kappa shape index (κ2) is 8.44. The Morgan fingerprint density at radius 1 is 1.31 bits per heavy atom. The van der Waals surface area contributed by atoms with Crippen LogP contribution >= 0.6 is 15.9 Å². The van der Waals surface area contributed by atoms with Gasteiger partial charge in [-0.15, -0.1) is 0 Å². The molecule has 0 spiro atoms. The third-order valence-corrected chi connectivity index (χ3v) is 4.15. The summed E-state index contributed by atoms with van der Waals surface area (Å²) in [5.74, 6) is 0.393. The van der Waals surface area contributed by atoms with Crippen LogP contribution in [-0.2, 0) is 6.54 Å². The Kier molecular flexibility index (Phi) is 5.80. The number of halogens is 1. The Morgan fingerprint density at radius 3 is 2.96 bits per heavy atom. The van der Waals surface area contributed by atoms with Gasteiger partial charge < -0.3 is 4.74 Å². The molecule has 0 fully saturated rings. The Labute approximate surface area is 159 Å². The van der Waals surface area contributed by atoms with Gasteiger partial charge in [0.2, 0.25) is 0 Å². The van der Waals surface area contributed by atoms with Gasteiger partial charge in [0.05, 0.1) is 19.9 Å². The van der Waals surface area contributed by atoms with E-state index >= 15 is 0 Å². The molecule has 3 aromatic rings. The van der Waals surface area contributed by atoms with E-state index < -0.39 is 0 Å². The highest BCUT2D eigenvalue weighted by molar-refractivity contribution is 9.10. The zero-order valence-corrected chi connectivity index (χ0v) is 15.7. The molecule has 26 heavy (non-hydrogen) atoms. The molecule has 1 heterocycles. The first kappa shape index (κ1) is 17.9. The minimum Gasteiger partial charge on any atom is -0.496 e. The zero-order chi connectivity index (χ0) is 18.4. The van der Waals surface area contributed by atoms with E-state index in [1.165, 1.54) is 0 Å². The first-order valence-corrected chi connectivity index (χ1v) is 8.68. The molecule has 0 atom stereocenters. The molecule has 0 aliphatic rings. The van der Waals surface area contributed by atoms with E-state index in [0.717, 1.165) is 15.6 Å². The number of benzene rings is 2. The molecule has 132 valence electrons. The van der Waals surface area contributed by atoms with Crippen molar-refractivity contribution in [1.29, 1.82) is 0 Å². The van der Waals surface area contributed by atoms with Crippen LogP contribution in [0.2, 0.25) is 0 Å². The van der Waals surface area contributed by atoms with Crippen molar-refractivity contribution in [2.75, 3.05) is 7.11 Å². The summed E-state index contributed by atoms with van der Waals surface area (Å²) in [7, 11) is 1.59. The van der Waals surface area contributed by atoms with Crippen LogP contribution in [0, 0.1) is 0 Å². The van der Waals surface area contributed by atoms with E-state index in [-0.39, 0.29) is 5.91 Å². The number of methoxy groups -OCH3 is 1. The largest absolute Gasteiger partial charge is 0.496 e. The lowest BCUT2D eigenvalue weighted by Crippen LogP contribution is -2.18. The maximum atomic E-state index is 12.3. The van der Waals surface area contributed by atoms with Gasteiger partial charge in [-0.25, -0.2) is 5.43 Å². The smallest absolute Gasteiger partial charge is 0.271 e. The van der Waals surface area contributed by atoms with Gasteiger partial charge in [-0.2, -0.15) is 10.2 Å². The number of carbonyl (C=O) groups excluding carboxylic acids is 1. The van der Waals surface area contributed by atoms with E-state index in [9.17, 15) is 4.79 Å². The number of hydrogen-bond acceptors (Lipinski definition) is 4. The van der Waals surface area contributed by atoms with Gasteiger partial charge in [-0.1, -0.05) is 28.1 Å².